The van der Waals surface area contributed by atoms with Crippen molar-refractivity contribution in [2.45, 2.75) is 19.7 Å². The molecule has 0 aliphatic heterocycles. The molecule has 2 rings (SSSR count). The molecule has 2 aromatic rings. The molecule has 1 heterocycles. The van der Waals surface area contributed by atoms with E-state index in [1.165, 1.54) is 17.5 Å². The highest BCUT2D eigenvalue weighted by Crippen LogP contribution is 2.06. The maximum Gasteiger partial charge on any atom is 0.180 e. The van der Waals surface area contributed by atoms with Crippen LogP contribution in [0.15, 0.2) is 41.3 Å². The predicted molar refractivity (Wildman–Crippen MR) is 64.2 cm³/mol. The fourth-order valence-electron chi connectivity index (χ4n) is 1.66. The maximum atomic E-state index is 5.10. The summed E-state index contributed by atoms with van der Waals surface area (Å²) in [7, 11) is 1.70. The van der Waals surface area contributed by atoms with Crippen molar-refractivity contribution < 1.29 is 9.15 Å². The summed E-state index contributed by atoms with van der Waals surface area (Å²) in [5.74, 6) is 0. The van der Waals surface area contributed by atoms with E-state index < -0.39 is 0 Å². The van der Waals surface area contributed by atoms with Gasteiger partial charge in [-0.05, 0) is 11.1 Å². The normalized spacial score (nSPS) is 10.6. The standard InChI is InChI=1S/C13H16N2O2/c1-16-8-12-4-2-3-11(5-12)6-14-7-13-9-17-10-15-13/h2-5,9-10,14H,6-8H2,1H3. The molecule has 1 aromatic heterocycles. The van der Waals surface area contributed by atoms with Gasteiger partial charge in [-0.2, -0.15) is 0 Å². The Morgan fingerprint density at radius 2 is 2.18 bits per heavy atom. The number of rotatable bonds is 6. The van der Waals surface area contributed by atoms with Gasteiger partial charge in [0.2, 0.25) is 0 Å². The lowest BCUT2D eigenvalue weighted by Gasteiger charge is -2.05. The van der Waals surface area contributed by atoms with Crippen LogP contribution in [0.1, 0.15) is 16.8 Å². The summed E-state index contributed by atoms with van der Waals surface area (Å²) in [5.41, 5.74) is 3.34. The minimum atomic E-state index is 0.650. The van der Waals surface area contributed by atoms with Crippen molar-refractivity contribution in [2.24, 2.45) is 0 Å². The van der Waals surface area contributed by atoms with Crippen molar-refractivity contribution in [3.8, 4) is 0 Å². The fraction of sp³-hybridized carbons (Fsp3) is 0.308. The zero-order chi connectivity index (χ0) is 11.9. The molecule has 0 fully saturated rings. The summed E-state index contributed by atoms with van der Waals surface area (Å²) in [4.78, 5) is 4.05. The lowest BCUT2D eigenvalue weighted by Crippen LogP contribution is -2.13. The second kappa shape index (κ2) is 6.18. The molecular weight excluding hydrogens is 216 g/mol. The Morgan fingerprint density at radius 1 is 1.29 bits per heavy atom. The quantitative estimate of drug-likeness (QED) is 0.828. The number of nitrogens with one attached hydrogen (secondary N) is 1. The average Bonchev–Trinajstić information content (AvgIpc) is 2.83. The Balaban J connectivity index is 1.84. The van der Waals surface area contributed by atoms with Crippen molar-refractivity contribution in [1.29, 1.82) is 0 Å². The second-order valence-corrected chi connectivity index (χ2v) is 3.84. The van der Waals surface area contributed by atoms with Crippen LogP contribution in [0.2, 0.25) is 0 Å². The summed E-state index contributed by atoms with van der Waals surface area (Å²) in [6, 6.07) is 8.33. The van der Waals surface area contributed by atoms with Gasteiger partial charge in [-0.1, -0.05) is 24.3 Å². The smallest absolute Gasteiger partial charge is 0.180 e. The molecule has 0 spiro atoms. The lowest BCUT2D eigenvalue weighted by atomic mass is 10.1. The third-order valence-corrected chi connectivity index (χ3v) is 2.42. The molecule has 90 valence electrons. The summed E-state index contributed by atoms with van der Waals surface area (Å²) in [5, 5.41) is 3.31. The van der Waals surface area contributed by atoms with Crippen LogP contribution in [0.4, 0.5) is 0 Å². The summed E-state index contributed by atoms with van der Waals surface area (Å²) >= 11 is 0. The topological polar surface area (TPSA) is 47.3 Å². The number of methoxy groups -OCH3 is 1. The number of hydrogen-bond acceptors (Lipinski definition) is 4. The highest BCUT2D eigenvalue weighted by molar-refractivity contribution is 5.22. The molecule has 0 saturated heterocycles. The largest absolute Gasteiger partial charge is 0.451 e. The number of nitrogens with zero attached hydrogens (tertiary/aromatic N) is 1. The molecule has 0 bridgehead atoms. The Hall–Kier alpha value is -1.65. The van der Waals surface area contributed by atoms with E-state index in [0.717, 1.165) is 12.2 Å². The van der Waals surface area contributed by atoms with Crippen LogP contribution < -0.4 is 5.32 Å². The molecule has 0 aliphatic rings. The number of ether oxygens (including phenoxy) is 1. The summed E-state index contributed by atoms with van der Waals surface area (Å²) in [6.45, 7) is 2.17. The SMILES string of the molecule is COCc1cccc(CNCc2cocn2)c1. The van der Waals surface area contributed by atoms with E-state index in [4.69, 9.17) is 9.15 Å². The molecule has 0 amide bonds. The van der Waals surface area contributed by atoms with Crippen LogP contribution in [0.3, 0.4) is 0 Å². The van der Waals surface area contributed by atoms with Gasteiger partial charge in [0.05, 0.1) is 12.3 Å². The van der Waals surface area contributed by atoms with Crippen molar-refractivity contribution in [1.82, 2.24) is 10.3 Å². The van der Waals surface area contributed by atoms with Gasteiger partial charge in [0.25, 0.3) is 0 Å². The molecule has 0 aliphatic carbocycles. The molecule has 1 aromatic carbocycles. The first-order chi connectivity index (χ1) is 8.38. The molecular formula is C13H16N2O2. The number of aromatic nitrogens is 1. The van der Waals surface area contributed by atoms with E-state index in [0.29, 0.717) is 13.2 Å². The summed E-state index contributed by atoms with van der Waals surface area (Å²) < 4.78 is 10.0. The third-order valence-electron chi connectivity index (χ3n) is 2.42. The van der Waals surface area contributed by atoms with Crippen molar-refractivity contribution in [3.63, 3.8) is 0 Å². The van der Waals surface area contributed by atoms with Crippen molar-refractivity contribution >= 4 is 0 Å². The van der Waals surface area contributed by atoms with Gasteiger partial charge in [0.15, 0.2) is 6.39 Å². The van der Waals surface area contributed by atoms with E-state index in [1.54, 1.807) is 13.4 Å². The first kappa shape index (κ1) is 11.8. The predicted octanol–water partition coefficient (Wildman–Crippen LogP) is 2.11. The highest BCUT2D eigenvalue weighted by atomic mass is 16.5. The van der Waals surface area contributed by atoms with Gasteiger partial charge < -0.3 is 14.5 Å². The van der Waals surface area contributed by atoms with Crippen molar-refractivity contribution in [3.05, 3.63) is 53.7 Å². The van der Waals surface area contributed by atoms with E-state index in [2.05, 4.69) is 28.5 Å². The van der Waals surface area contributed by atoms with Crippen LogP contribution in [0, 0.1) is 0 Å². The fourth-order valence-corrected chi connectivity index (χ4v) is 1.66. The molecule has 17 heavy (non-hydrogen) atoms. The minimum absolute atomic E-state index is 0.650. The number of hydrogen-bond donors (Lipinski definition) is 1. The van der Waals surface area contributed by atoms with E-state index in [9.17, 15) is 0 Å². The molecule has 0 radical (unpaired) electrons. The molecule has 0 unspecified atom stereocenters. The van der Waals surface area contributed by atoms with Crippen LogP contribution in [0.5, 0.6) is 0 Å². The Kier molecular flexibility index (Phi) is 4.30. The first-order valence-corrected chi connectivity index (χ1v) is 5.53. The van der Waals surface area contributed by atoms with Gasteiger partial charge in [0.1, 0.15) is 6.26 Å². The first-order valence-electron chi connectivity index (χ1n) is 5.53. The van der Waals surface area contributed by atoms with Crippen LogP contribution in [-0.4, -0.2) is 12.1 Å². The Morgan fingerprint density at radius 3 is 2.94 bits per heavy atom. The van der Waals surface area contributed by atoms with Gasteiger partial charge in [0, 0.05) is 20.2 Å². The van der Waals surface area contributed by atoms with Crippen LogP contribution >= 0.6 is 0 Å². The monoisotopic (exact) mass is 232 g/mol. The zero-order valence-corrected chi connectivity index (χ0v) is 9.85. The molecule has 1 N–H and O–H groups in total. The second-order valence-electron chi connectivity index (χ2n) is 3.84. The minimum Gasteiger partial charge on any atom is -0.451 e. The van der Waals surface area contributed by atoms with Crippen LogP contribution in [0.25, 0.3) is 0 Å². The van der Waals surface area contributed by atoms with Gasteiger partial charge in [-0.15, -0.1) is 0 Å². The maximum absolute atomic E-state index is 5.10. The van der Waals surface area contributed by atoms with E-state index >= 15 is 0 Å². The average molecular weight is 232 g/mol. The molecule has 4 nitrogen and oxygen atoms in total. The highest BCUT2D eigenvalue weighted by Gasteiger charge is 1.98. The number of oxazole rings is 1. The van der Waals surface area contributed by atoms with Gasteiger partial charge >= 0.3 is 0 Å². The molecule has 0 atom stereocenters. The van der Waals surface area contributed by atoms with E-state index in [-0.39, 0.29) is 0 Å². The number of benzene rings is 1. The van der Waals surface area contributed by atoms with Crippen molar-refractivity contribution in [2.75, 3.05) is 7.11 Å². The summed E-state index contributed by atoms with van der Waals surface area (Å²) in [6.07, 6.45) is 3.09. The van der Waals surface area contributed by atoms with Gasteiger partial charge in [-0.3, -0.25) is 0 Å². The van der Waals surface area contributed by atoms with Crippen LogP contribution in [-0.2, 0) is 24.4 Å². The van der Waals surface area contributed by atoms with E-state index in [1.807, 2.05) is 6.07 Å². The third kappa shape index (κ3) is 3.69. The molecule has 4 heteroatoms. The zero-order valence-electron chi connectivity index (χ0n) is 9.85. The van der Waals surface area contributed by atoms with Gasteiger partial charge in [-0.25, -0.2) is 4.98 Å². The Labute approximate surface area is 101 Å². The lowest BCUT2D eigenvalue weighted by molar-refractivity contribution is 0.185. The Bertz CT molecular complexity index is 440. The molecule has 0 saturated carbocycles.